The van der Waals surface area contributed by atoms with Gasteiger partial charge in [0.2, 0.25) is 21.8 Å². The lowest BCUT2D eigenvalue weighted by atomic mass is 9.75. The second-order valence-electron chi connectivity index (χ2n) is 14.4. The van der Waals surface area contributed by atoms with Crippen LogP contribution in [0.2, 0.25) is 0 Å². The van der Waals surface area contributed by atoms with Crippen LogP contribution in [0, 0.1) is 0 Å². The highest BCUT2D eigenvalue weighted by molar-refractivity contribution is 7.98. The molecule has 49 heavy (non-hydrogen) atoms. The number of ether oxygens (including phenoxy) is 2. The molecule has 1 saturated carbocycles. The molecule has 3 amide bonds. The van der Waals surface area contributed by atoms with Gasteiger partial charge in [0, 0.05) is 20.1 Å². The van der Waals surface area contributed by atoms with E-state index in [-0.39, 0.29) is 31.2 Å². The van der Waals surface area contributed by atoms with Crippen LogP contribution in [0.25, 0.3) is 4.91 Å². The maximum absolute atomic E-state index is 14.5. The lowest BCUT2D eigenvalue weighted by Gasteiger charge is -2.42. The van der Waals surface area contributed by atoms with Crippen LogP contribution >= 0.6 is 0 Å². The molecular weight excluding hydrogens is 644 g/mol. The third kappa shape index (κ3) is 8.90. The van der Waals surface area contributed by atoms with Crippen LogP contribution in [0.5, 0.6) is 0 Å². The van der Waals surface area contributed by atoms with Crippen LogP contribution in [-0.2, 0) is 35.7 Å². The second kappa shape index (κ2) is 15.4. The minimum Gasteiger partial charge on any atom is -0.444 e. The molecule has 0 unspecified atom stereocenters. The van der Waals surface area contributed by atoms with Gasteiger partial charge < -0.3 is 25.0 Å². The molecule has 12 heteroatoms. The molecule has 1 aliphatic heterocycles. The molecule has 0 radical (unpaired) electrons. The number of sulfonamides is 1. The summed E-state index contributed by atoms with van der Waals surface area (Å²) >= 11 is 0. The van der Waals surface area contributed by atoms with E-state index < -0.39 is 50.7 Å². The summed E-state index contributed by atoms with van der Waals surface area (Å²) in [6.45, 7) is 10.4. The Balaban J connectivity index is 1.67. The molecule has 1 spiro atoms. The molecule has 0 saturated heterocycles. The van der Waals surface area contributed by atoms with E-state index in [1.165, 1.54) is 18.2 Å². The minimum atomic E-state index is -3.86. The summed E-state index contributed by atoms with van der Waals surface area (Å²) in [5.74, 6) is -1.03. The number of hydrogen-bond acceptors (Lipinski definition) is 7. The third-order valence-electron chi connectivity index (χ3n) is 9.20. The van der Waals surface area contributed by atoms with E-state index in [1.54, 1.807) is 44.9 Å². The molecule has 1 heterocycles. The first-order valence-electron chi connectivity index (χ1n) is 17.0. The molecule has 1 atom stereocenters. The maximum Gasteiger partial charge on any atom is 0.408 e. The molecule has 2 N–H and O–H groups in total. The van der Waals surface area contributed by atoms with Gasteiger partial charge in [0.15, 0.2) is 0 Å². The minimum absolute atomic E-state index is 0.0632. The van der Waals surface area contributed by atoms with Gasteiger partial charge in [0.25, 0.3) is 0 Å². The lowest BCUT2D eigenvalue weighted by Crippen LogP contribution is -2.61. The Bertz CT molecular complexity index is 1610. The Hall–Kier alpha value is -3.74. The van der Waals surface area contributed by atoms with Crippen molar-refractivity contribution in [3.05, 3.63) is 77.4 Å². The average molecular weight is 697 g/mol. The van der Waals surface area contributed by atoms with Gasteiger partial charge >= 0.3 is 6.09 Å². The highest BCUT2D eigenvalue weighted by Crippen LogP contribution is 2.51. The van der Waals surface area contributed by atoms with Gasteiger partial charge in [-0.15, -0.1) is 0 Å². The number of rotatable bonds is 12. The van der Waals surface area contributed by atoms with E-state index in [1.807, 2.05) is 55.5 Å². The smallest absolute Gasteiger partial charge is 0.408 e. The fourth-order valence-electron chi connectivity index (χ4n) is 6.56. The number of likely N-dealkylation sites (N-methyl/N-ethyl adjacent to an activating group) is 2. The van der Waals surface area contributed by atoms with Gasteiger partial charge in [-0.05, 0) is 71.1 Å². The number of alkyl carbamates (subject to hydrolysis) is 1. The lowest BCUT2D eigenvalue weighted by molar-refractivity contribution is -0.139. The fourth-order valence-corrected chi connectivity index (χ4v) is 8.59. The Morgan fingerprint density at radius 2 is 1.53 bits per heavy atom. The summed E-state index contributed by atoms with van der Waals surface area (Å²) in [7, 11) is -2.21. The first kappa shape index (κ1) is 38.1. The Morgan fingerprint density at radius 3 is 2.10 bits per heavy atom. The van der Waals surface area contributed by atoms with Crippen LogP contribution < -0.4 is 10.6 Å². The summed E-state index contributed by atoms with van der Waals surface area (Å²) in [5.41, 5.74) is -0.783. The van der Waals surface area contributed by atoms with E-state index in [2.05, 4.69) is 10.6 Å². The summed E-state index contributed by atoms with van der Waals surface area (Å²) in [6, 6.07) is 17.4. The normalized spacial score (nSPS) is 18.2. The van der Waals surface area contributed by atoms with Crippen LogP contribution in [0.4, 0.5) is 4.79 Å². The molecule has 2 aliphatic rings. The highest BCUT2D eigenvalue weighted by Gasteiger charge is 2.54. The Labute approximate surface area is 291 Å². The molecule has 1 fully saturated rings. The van der Waals surface area contributed by atoms with Gasteiger partial charge in [0.1, 0.15) is 17.2 Å². The zero-order valence-electron chi connectivity index (χ0n) is 29.9. The van der Waals surface area contributed by atoms with Crippen molar-refractivity contribution in [3.63, 3.8) is 0 Å². The second-order valence-corrected chi connectivity index (χ2v) is 16.3. The predicted molar refractivity (Wildman–Crippen MR) is 190 cm³/mol. The number of benzene rings is 2. The largest absolute Gasteiger partial charge is 0.444 e. The van der Waals surface area contributed by atoms with Gasteiger partial charge in [-0.1, -0.05) is 79.9 Å². The van der Waals surface area contributed by atoms with E-state index in [0.29, 0.717) is 24.0 Å². The van der Waals surface area contributed by atoms with E-state index >= 15 is 0 Å². The van der Waals surface area contributed by atoms with Gasteiger partial charge in [-0.2, -0.15) is 4.31 Å². The molecule has 268 valence electrons. The fraction of sp³-hybridized carbons (Fsp3) is 0.541. The Morgan fingerprint density at radius 1 is 0.939 bits per heavy atom. The Kier molecular flexibility index (Phi) is 12.0. The van der Waals surface area contributed by atoms with Crippen molar-refractivity contribution in [1.82, 2.24) is 19.8 Å². The molecular formula is C37H52N4O7S. The molecule has 0 aromatic heterocycles. The van der Waals surface area contributed by atoms with Crippen LogP contribution in [0.3, 0.4) is 0 Å². The summed E-state index contributed by atoms with van der Waals surface area (Å²) in [6.07, 6.45) is 3.31. The van der Waals surface area contributed by atoms with Crippen molar-refractivity contribution in [3.8, 4) is 0 Å². The zero-order chi connectivity index (χ0) is 36.0. The van der Waals surface area contributed by atoms with Crippen molar-refractivity contribution in [2.24, 2.45) is 0 Å². The van der Waals surface area contributed by atoms with Gasteiger partial charge in [-0.25, -0.2) is 13.2 Å². The zero-order valence-corrected chi connectivity index (χ0v) is 30.7. The predicted octanol–water partition coefficient (Wildman–Crippen LogP) is 5.23. The first-order valence-corrected chi connectivity index (χ1v) is 18.5. The summed E-state index contributed by atoms with van der Waals surface area (Å²) < 4.78 is 41.1. The average Bonchev–Trinajstić information content (AvgIpc) is 3.19. The van der Waals surface area contributed by atoms with Crippen molar-refractivity contribution in [2.75, 3.05) is 26.7 Å². The van der Waals surface area contributed by atoms with Crippen LogP contribution in [0.15, 0.2) is 66.2 Å². The molecule has 2 aromatic carbocycles. The quantitative estimate of drug-likeness (QED) is 0.311. The number of hydrogen-bond donors (Lipinski definition) is 2. The molecule has 1 aliphatic carbocycles. The van der Waals surface area contributed by atoms with Crippen LogP contribution in [0.1, 0.15) is 84.8 Å². The van der Waals surface area contributed by atoms with Crippen molar-refractivity contribution >= 4 is 32.8 Å². The molecule has 0 bridgehead atoms. The summed E-state index contributed by atoms with van der Waals surface area (Å²) in [4.78, 5) is 42.6. The van der Waals surface area contributed by atoms with Gasteiger partial charge in [0.05, 0.1) is 23.7 Å². The summed E-state index contributed by atoms with van der Waals surface area (Å²) in [5, 5.41) is 5.42. The number of nitrogens with zero attached hydrogens (tertiary/aromatic N) is 2. The molecule has 2 aromatic rings. The SMILES string of the molecule is CCN(CC1=C(c2ccccc2)S(=O)(=O)N(C)C12CCCCC2)C(=O)[C@@H](COCc1ccccc1)NC(=O)C(C)(C)NC(=O)OC(C)(C)C. The van der Waals surface area contributed by atoms with Crippen LogP contribution in [-0.4, -0.2) is 85.0 Å². The maximum atomic E-state index is 14.5. The highest BCUT2D eigenvalue weighted by atomic mass is 32.2. The third-order valence-corrected chi connectivity index (χ3v) is 11.3. The topological polar surface area (TPSA) is 134 Å². The standard InChI is InChI=1S/C37H52N4O7S/c1-8-41(24-29-31(28-20-14-10-15-21-28)49(45,46)40(7)37(29)22-16-11-17-23-37)32(42)30(26-47-25-27-18-12-9-13-19-27)38-33(43)36(5,6)39-34(44)48-35(2,3)4/h9-10,12-15,18-21,30H,8,11,16-17,22-26H2,1-7H3,(H,38,43)(H,39,44)/t30-/m1/s1. The number of amides is 3. The number of nitrogens with one attached hydrogen (secondary N) is 2. The van der Waals surface area contributed by atoms with Crippen molar-refractivity contribution in [2.45, 2.75) is 103 Å². The van der Waals surface area contributed by atoms with E-state index in [4.69, 9.17) is 9.47 Å². The monoisotopic (exact) mass is 696 g/mol. The number of carbonyl (C=O) groups excluding carboxylic acids is 3. The molecule has 11 nitrogen and oxygen atoms in total. The van der Waals surface area contributed by atoms with Crippen molar-refractivity contribution in [1.29, 1.82) is 0 Å². The van der Waals surface area contributed by atoms with Crippen molar-refractivity contribution < 1.29 is 32.3 Å². The molecule has 4 rings (SSSR count). The van der Waals surface area contributed by atoms with E-state index in [0.717, 1.165) is 24.8 Å². The number of carbonyl (C=O) groups is 3. The first-order chi connectivity index (χ1) is 23.0. The van der Waals surface area contributed by atoms with E-state index in [9.17, 15) is 22.8 Å². The van der Waals surface area contributed by atoms with Gasteiger partial charge in [-0.3, -0.25) is 9.59 Å².